The molecule has 0 aromatic heterocycles. The lowest BCUT2D eigenvalue weighted by Gasteiger charge is -2.25. The predicted octanol–water partition coefficient (Wildman–Crippen LogP) is 0.0638. The van der Waals surface area contributed by atoms with Gasteiger partial charge in [-0.2, -0.15) is 0 Å². The zero-order chi connectivity index (χ0) is 15.5. The molecule has 0 aromatic carbocycles. The number of hydrogen-bond acceptors (Lipinski definition) is 4. The van der Waals surface area contributed by atoms with Crippen LogP contribution in [0.3, 0.4) is 0 Å². The quantitative estimate of drug-likeness (QED) is 0.596. The second-order valence-corrected chi connectivity index (χ2v) is 5.08. The number of nitrogens with one attached hydrogen (secondary N) is 1. The number of amides is 2. The van der Waals surface area contributed by atoms with Gasteiger partial charge in [-0.15, -0.1) is 0 Å². The first kappa shape index (κ1) is 18.9. The summed E-state index contributed by atoms with van der Waals surface area (Å²) >= 11 is 0. The van der Waals surface area contributed by atoms with Gasteiger partial charge in [-0.05, 0) is 33.7 Å². The molecule has 2 N–H and O–H groups in total. The highest BCUT2D eigenvalue weighted by Crippen LogP contribution is 1.97. The van der Waals surface area contributed by atoms with Crippen molar-refractivity contribution in [1.82, 2.24) is 15.1 Å². The fourth-order valence-corrected chi connectivity index (χ4v) is 1.85. The van der Waals surface area contributed by atoms with Gasteiger partial charge in [0.15, 0.2) is 0 Å². The molecule has 118 valence electrons. The Hall–Kier alpha value is -1.14. The van der Waals surface area contributed by atoms with E-state index < -0.39 is 0 Å². The van der Waals surface area contributed by atoms with Crippen LogP contribution in [0.15, 0.2) is 0 Å². The van der Waals surface area contributed by atoms with E-state index in [9.17, 15) is 9.59 Å². The van der Waals surface area contributed by atoms with Crippen LogP contribution in [0.25, 0.3) is 0 Å². The van der Waals surface area contributed by atoms with E-state index in [1.807, 2.05) is 32.6 Å². The van der Waals surface area contributed by atoms with Gasteiger partial charge in [0.05, 0.1) is 13.1 Å². The number of aliphatic hydroxyl groups is 1. The molecule has 6 nitrogen and oxygen atoms in total. The molecule has 0 aromatic rings. The maximum atomic E-state index is 12.2. The van der Waals surface area contributed by atoms with Gasteiger partial charge in [0.1, 0.15) is 0 Å². The molecule has 2 amide bonds. The first-order chi connectivity index (χ1) is 9.44. The third kappa shape index (κ3) is 8.12. The summed E-state index contributed by atoms with van der Waals surface area (Å²) in [7, 11) is 0. The van der Waals surface area contributed by atoms with Crippen molar-refractivity contribution < 1.29 is 14.7 Å². The summed E-state index contributed by atoms with van der Waals surface area (Å²) in [5, 5.41) is 11.6. The van der Waals surface area contributed by atoms with Crippen LogP contribution in [0.2, 0.25) is 0 Å². The number of carbonyl (C=O) groups is 2. The highest BCUT2D eigenvalue weighted by atomic mass is 16.3. The summed E-state index contributed by atoms with van der Waals surface area (Å²) in [5.41, 5.74) is 0. The van der Waals surface area contributed by atoms with Crippen LogP contribution < -0.4 is 5.32 Å². The Morgan fingerprint density at radius 3 is 2.25 bits per heavy atom. The van der Waals surface area contributed by atoms with Crippen molar-refractivity contribution in [3.05, 3.63) is 0 Å². The summed E-state index contributed by atoms with van der Waals surface area (Å²) in [5.74, 6) is -0.181. The van der Waals surface area contributed by atoms with E-state index in [0.717, 1.165) is 6.54 Å². The molecular weight excluding hydrogens is 258 g/mol. The van der Waals surface area contributed by atoms with Gasteiger partial charge in [0, 0.05) is 25.7 Å². The van der Waals surface area contributed by atoms with E-state index in [1.54, 1.807) is 4.90 Å². The van der Waals surface area contributed by atoms with Gasteiger partial charge >= 0.3 is 0 Å². The van der Waals surface area contributed by atoms with Gasteiger partial charge in [-0.3, -0.25) is 14.5 Å². The van der Waals surface area contributed by atoms with Crippen molar-refractivity contribution in [3.8, 4) is 0 Å². The Morgan fingerprint density at radius 2 is 1.80 bits per heavy atom. The average Bonchev–Trinajstić information content (AvgIpc) is 2.39. The Kier molecular flexibility index (Phi) is 10.0. The molecule has 20 heavy (non-hydrogen) atoms. The Bertz CT molecular complexity index is 295. The lowest BCUT2D eigenvalue weighted by molar-refractivity contribution is -0.137. The highest BCUT2D eigenvalue weighted by molar-refractivity contribution is 5.85. The minimum atomic E-state index is -0.131. The van der Waals surface area contributed by atoms with Gasteiger partial charge in [-0.25, -0.2) is 0 Å². The molecule has 0 rings (SSSR count). The standard InChI is InChI=1S/C14H29N3O3/c1-5-16(8-7-9-18)11-14(20)17(6-2)10-13(19)15-12(3)4/h12,18H,5-11H2,1-4H3,(H,15,19). The number of rotatable bonds is 10. The molecule has 0 atom stereocenters. The van der Waals surface area contributed by atoms with Crippen molar-refractivity contribution in [3.63, 3.8) is 0 Å². The Morgan fingerprint density at radius 1 is 1.15 bits per heavy atom. The van der Waals surface area contributed by atoms with Crippen molar-refractivity contribution in [2.24, 2.45) is 0 Å². The molecule has 0 aliphatic heterocycles. The van der Waals surface area contributed by atoms with Crippen LogP contribution in [0.5, 0.6) is 0 Å². The molecule has 0 saturated heterocycles. The molecule has 0 aliphatic rings. The summed E-state index contributed by atoms with van der Waals surface area (Å²) in [6.07, 6.45) is 0.654. The molecule has 0 radical (unpaired) electrons. The molecule has 0 aliphatic carbocycles. The van der Waals surface area contributed by atoms with Crippen LogP contribution in [0, 0.1) is 0 Å². The normalized spacial score (nSPS) is 10.9. The second kappa shape index (κ2) is 10.6. The van der Waals surface area contributed by atoms with Gasteiger partial charge in [0.2, 0.25) is 11.8 Å². The van der Waals surface area contributed by atoms with Crippen LogP contribution >= 0.6 is 0 Å². The summed E-state index contributed by atoms with van der Waals surface area (Å²) in [6.45, 7) is 10.1. The molecule has 0 spiro atoms. The maximum Gasteiger partial charge on any atom is 0.239 e. The Balaban J connectivity index is 4.34. The summed E-state index contributed by atoms with van der Waals surface area (Å²) in [6, 6.07) is 0.0769. The summed E-state index contributed by atoms with van der Waals surface area (Å²) in [4.78, 5) is 27.4. The zero-order valence-corrected chi connectivity index (χ0v) is 13.2. The fraction of sp³-hybridized carbons (Fsp3) is 0.857. The van der Waals surface area contributed by atoms with Crippen molar-refractivity contribution in [2.45, 2.75) is 40.2 Å². The highest BCUT2D eigenvalue weighted by Gasteiger charge is 2.18. The number of likely N-dealkylation sites (N-methyl/N-ethyl adjacent to an activating group) is 2. The SMILES string of the molecule is CCN(CCCO)CC(=O)N(CC)CC(=O)NC(C)C. The minimum absolute atomic E-state index is 0.0498. The van der Waals surface area contributed by atoms with E-state index >= 15 is 0 Å². The maximum absolute atomic E-state index is 12.2. The van der Waals surface area contributed by atoms with Crippen LogP contribution in [-0.2, 0) is 9.59 Å². The van der Waals surface area contributed by atoms with Crippen LogP contribution in [0.4, 0.5) is 0 Å². The number of hydrogen-bond donors (Lipinski definition) is 2. The molecule has 0 saturated carbocycles. The van der Waals surface area contributed by atoms with E-state index in [0.29, 0.717) is 26.1 Å². The second-order valence-electron chi connectivity index (χ2n) is 5.08. The van der Waals surface area contributed by atoms with Crippen LogP contribution in [-0.4, -0.2) is 72.1 Å². The van der Waals surface area contributed by atoms with E-state index in [1.165, 1.54) is 0 Å². The lowest BCUT2D eigenvalue weighted by atomic mass is 10.3. The van der Waals surface area contributed by atoms with Gasteiger partial charge in [0.25, 0.3) is 0 Å². The predicted molar refractivity (Wildman–Crippen MR) is 79.3 cm³/mol. The van der Waals surface area contributed by atoms with Gasteiger partial charge < -0.3 is 15.3 Å². The van der Waals surface area contributed by atoms with Crippen molar-refractivity contribution >= 4 is 11.8 Å². The smallest absolute Gasteiger partial charge is 0.239 e. The molecule has 0 unspecified atom stereocenters. The Labute approximate surface area is 122 Å². The fourth-order valence-electron chi connectivity index (χ4n) is 1.85. The number of aliphatic hydroxyl groups excluding tert-OH is 1. The minimum Gasteiger partial charge on any atom is -0.396 e. The molecule has 0 fully saturated rings. The average molecular weight is 287 g/mol. The lowest BCUT2D eigenvalue weighted by Crippen LogP contribution is -2.46. The van der Waals surface area contributed by atoms with Crippen LogP contribution in [0.1, 0.15) is 34.1 Å². The monoisotopic (exact) mass is 287 g/mol. The third-order valence-electron chi connectivity index (χ3n) is 2.96. The van der Waals surface area contributed by atoms with E-state index in [2.05, 4.69) is 5.32 Å². The largest absolute Gasteiger partial charge is 0.396 e. The first-order valence-corrected chi connectivity index (χ1v) is 7.34. The zero-order valence-electron chi connectivity index (χ0n) is 13.2. The molecular formula is C14H29N3O3. The molecule has 0 bridgehead atoms. The first-order valence-electron chi connectivity index (χ1n) is 7.34. The molecule has 6 heteroatoms. The molecule has 0 heterocycles. The third-order valence-corrected chi connectivity index (χ3v) is 2.96. The van der Waals surface area contributed by atoms with Crippen molar-refractivity contribution in [1.29, 1.82) is 0 Å². The topological polar surface area (TPSA) is 72.9 Å². The number of nitrogens with zero attached hydrogens (tertiary/aromatic N) is 2. The van der Waals surface area contributed by atoms with E-state index in [4.69, 9.17) is 5.11 Å². The van der Waals surface area contributed by atoms with Crippen molar-refractivity contribution in [2.75, 3.05) is 39.3 Å². The van der Waals surface area contributed by atoms with Gasteiger partial charge in [-0.1, -0.05) is 6.92 Å². The number of carbonyl (C=O) groups excluding carboxylic acids is 2. The summed E-state index contributed by atoms with van der Waals surface area (Å²) < 4.78 is 0. The van der Waals surface area contributed by atoms with E-state index in [-0.39, 0.29) is 31.0 Å².